The van der Waals surface area contributed by atoms with Crippen LogP contribution in [-0.2, 0) is 4.74 Å². The molecular weight excluding hydrogens is 114 g/mol. The molecule has 0 radical (unpaired) electrons. The quantitative estimate of drug-likeness (QED) is 0.578. The minimum absolute atomic E-state index is 0.561. The number of rotatable bonds is 3. The van der Waals surface area contributed by atoms with Crippen LogP contribution in [0.1, 0.15) is 26.7 Å². The second kappa shape index (κ2) is 3.47. The Hall–Kier alpha value is -0.550. The van der Waals surface area contributed by atoms with Crippen LogP contribution in [0.15, 0.2) is 0 Å². The largest absolute Gasteiger partial charge is 0.364 e. The summed E-state index contributed by atoms with van der Waals surface area (Å²) in [4.78, 5) is 0. The Morgan fingerprint density at radius 2 is 2.22 bits per heavy atom. The van der Waals surface area contributed by atoms with Gasteiger partial charge in [-0.25, -0.2) is 0 Å². The van der Waals surface area contributed by atoms with Gasteiger partial charge in [-0.3, -0.25) is 0 Å². The lowest BCUT2D eigenvalue weighted by atomic mass is 10.0. The zero-order valence-electron chi connectivity index (χ0n) is 6.27. The molecule has 0 aliphatic carbocycles. The van der Waals surface area contributed by atoms with Crippen molar-refractivity contribution in [2.75, 3.05) is 7.11 Å². The summed E-state index contributed by atoms with van der Waals surface area (Å²) in [7, 11) is 1.57. The van der Waals surface area contributed by atoms with Gasteiger partial charge in [0, 0.05) is 7.11 Å². The van der Waals surface area contributed by atoms with E-state index in [1.54, 1.807) is 14.0 Å². The monoisotopic (exact) mass is 127 g/mol. The van der Waals surface area contributed by atoms with Crippen LogP contribution >= 0.6 is 0 Å². The molecule has 0 fully saturated rings. The van der Waals surface area contributed by atoms with Crippen molar-refractivity contribution in [3.8, 4) is 6.07 Å². The molecule has 0 aromatic carbocycles. The van der Waals surface area contributed by atoms with Gasteiger partial charge in [0.2, 0.25) is 0 Å². The minimum atomic E-state index is -0.561. The van der Waals surface area contributed by atoms with E-state index < -0.39 is 5.60 Å². The maximum absolute atomic E-state index is 8.54. The van der Waals surface area contributed by atoms with Crippen molar-refractivity contribution in [1.29, 1.82) is 5.26 Å². The molecule has 0 saturated heterocycles. The van der Waals surface area contributed by atoms with E-state index in [1.165, 1.54) is 0 Å². The summed E-state index contributed by atoms with van der Waals surface area (Å²) in [6.07, 6.45) is 1.79. The van der Waals surface area contributed by atoms with E-state index in [4.69, 9.17) is 10.00 Å². The fourth-order valence-corrected chi connectivity index (χ4v) is 0.681. The fraction of sp³-hybridized carbons (Fsp3) is 0.857. The van der Waals surface area contributed by atoms with Gasteiger partial charge < -0.3 is 4.74 Å². The van der Waals surface area contributed by atoms with Crippen LogP contribution in [0.25, 0.3) is 0 Å². The first kappa shape index (κ1) is 8.45. The average molecular weight is 127 g/mol. The predicted octanol–water partition coefficient (Wildman–Crippen LogP) is 1.72. The molecule has 0 aromatic heterocycles. The van der Waals surface area contributed by atoms with Gasteiger partial charge in [0.25, 0.3) is 0 Å². The van der Waals surface area contributed by atoms with Crippen molar-refractivity contribution in [2.24, 2.45) is 0 Å². The first-order valence-corrected chi connectivity index (χ1v) is 3.15. The lowest BCUT2D eigenvalue weighted by Gasteiger charge is -2.17. The number of nitrogens with zero attached hydrogens (tertiary/aromatic N) is 1. The second-order valence-electron chi connectivity index (χ2n) is 2.30. The van der Waals surface area contributed by atoms with Crippen molar-refractivity contribution < 1.29 is 4.74 Å². The van der Waals surface area contributed by atoms with Crippen LogP contribution in [0.2, 0.25) is 0 Å². The van der Waals surface area contributed by atoms with Gasteiger partial charge in [-0.2, -0.15) is 5.26 Å². The van der Waals surface area contributed by atoms with Crippen molar-refractivity contribution in [2.45, 2.75) is 32.3 Å². The predicted molar refractivity (Wildman–Crippen MR) is 35.9 cm³/mol. The molecule has 1 atom stereocenters. The van der Waals surface area contributed by atoms with Gasteiger partial charge in [-0.05, 0) is 13.3 Å². The summed E-state index contributed by atoms with van der Waals surface area (Å²) in [5, 5.41) is 8.54. The van der Waals surface area contributed by atoms with Gasteiger partial charge >= 0.3 is 0 Å². The maximum atomic E-state index is 8.54. The molecule has 0 spiro atoms. The third-order valence-corrected chi connectivity index (χ3v) is 1.41. The Bertz CT molecular complexity index is 117. The molecule has 2 heteroatoms. The zero-order chi connectivity index (χ0) is 7.33. The van der Waals surface area contributed by atoms with Crippen molar-refractivity contribution in [3.63, 3.8) is 0 Å². The van der Waals surface area contributed by atoms with Gasteiger partial charge in [0.15, 0.2) is 5.60 Å². The first-order valence-electron chi connectivity index (χ1n) is 3.15. The molecule has 0 aliphatic rings. The molecular formula is C7H13NO. The summed E-state index contributed by atoms with van der Waals surface area (Å²) in [6, 6.07) is 2.11. The Kier molecular flexibility index (Phi) is 3.26. The molecule has 52 valence electrons. The van der Waals surface area contributed by atoms with Crippen molar-refractivity contribution >= 4 is 0 Å². The molecule has 0 aliphatic heterocycles. The Labute approximate surface area is 56.4 Å². The Morgan fingerprint density at radius 3 is 2.33 bits per heavy atom. The number of ether oxygens (including phenoxy) is 1. The third kappa shape index (κ3) is 2.48. The molecule has 0 bridgehead atoms. The van der Waals surface area contributed by atoms with Crippen LogP contribution in [0.3, 0.4) is 0 Å². The Morgan fingerprint density at radius 1 is 1.67 bits per heavy atom. The molecule has 2 nitrogen and oxygen atoms in total. The summed E-state index contributed by atoms with van der Waals surface area (Å²) >= 11 is 0. The zero-order valence-corrected chi connectivity index (χ0v) is 6.27. The molecule has 0 amide bonds. The molecule has 0 saturated carbocycles. The second-order valence-corrected chi connectivity index (χ2v) is 2.30. The molecule has 0 rings (SSSR count). The molecule has 9 heavy (non-hydrogen) atoms. The van der Waals surface area contributed by atoms with Gasteiger partial charge in [0.1, 0.15) is 0 Å². The highest BCUT2D eigenvalue weighted by atomic mass is 16.5. The van der Waals surface area contributed by atoms with Gasteiger partial charge in [0.05, 0.1) is 6.07 Å². The van der Waals surface area contributed by atoms with Crippen LogP contribution in [0, 0.1) is 11.3 Å². The van der Waals surface area contributed by atoms with E-state index in [9.17, 15) is 0 Å². The first-order chi connectivity index (χ1) is 4.18. The standard InChI is InChI=1S/C7H13NO/c1-4-5-7(2,6-8)9-3/h4-5H2,1-3H3. The topological polar surface area (TPSA) is 33.0 Å². The van der Waals surface area contributed by atoms with Crippen LogP contribution in [0.5, 0.6) is 0 Å². The summed E-state index contributed by atoms with van der Waals surface area (Å²) in [5.74, 6) is 0. The number of hydrogen-bond donors (Lipinski definition) is 0. The number of hydrogen-bond acceptors (Lipinski definition) is 2. The molecule has 0 aromatic rings. The summed E-state index contributed by atoms with van der Waals surface area (Å²) in [6.45, 7) is 3.84. The SMILES string of the molecule is CCCC(C)(C#N)OC. The number of methoxy groups -OCH3 is 1. The average Bonchev–Trinajstić information content (AvgIpc) is 1.89. The minimum Gasteiger partial charge on any atom is -0.364 e. The van der Waals surface area contributed by atoms with E-state index in [-0.39, 0.29) is 0 Å². The van der Waals surface area contributed by atoms with Gasteiger partial charge in [-0.1, -0.05) is 13.3 Å². The highest BCUT2D eigenvalue weighted by Gasteiger charge is 2.20. The van der Waals surface area contributed by atoms with Crippen LogP contribution in [-0.4, -0.2) is 12.7 Å². The Balaban J connectivity index is 3.81. The van der Waals surface area contributed by atoms with Crippen molar-refractivity contribution in [1.82, 2.24) is 0 Å². The smallest absolute Gasteiger partial charge is 0.151 e. The van der Waals surface area contributed by atoms with Crippen LogP contribution < -0.4 is 0 Å². The lowest BCUT2D eigenvalue weighted by molar-refractivity contribution is 0.0475. The molecule has 0 N–H and O–H groups in total. The maximum Gasteiger partial charge on any atom is 0.151 e. The van der Waals surface area contributed by atoms with Crippen LogP contribution in [0.4, 0.5) is 0 Å². The van der Waals surface area contributed by atoms with E-state index in [0.717, 1.165) is 12.8 Å². The lowest BCUT2D eigenvalue weighted by Crippen LogP contribution is -2.23. The normalized spacial score (nSPS) is 16.2. The summed E-state index contributed by atoms with van der Waals surface area (Å²) < 4.78 is 4.97. The highest BCUT2D eigenvalue weighted by Crippen LogP contribution is 2.14. The summed E-state index contributed by atoms with van der Waals surface area (Å²) in [5.41, 5.74) is -0.561. The van der Waals surface area contributed by atoms with E-state index >= 15 is 0 Å². The number of nitriles is 1. The van der Waals surface area contributed by atoms with Gasteiger partial charge in [-0.15, -0.1) is 0 Å². The highest BCUT2D eigenvalue weighted by molar-refractivity contribution is 4.97. The van der Waals surface area contributed by atoms with E-state index in [2.05, 4.69) is 6.07 Å². The fourth-order valence-electron chi connectivity index (χ4n) is 0.681. The molecule has 0 heterocycles. The van der Waals surface area contributed by atoms with Crippen molar-refractivity contribution in [3.05, 3.63) is 0 Å². The van der Waals surface area contributed by atoms with E-state index in [0.29, 0.717) is 0 Å². The third-order valence-electron chi connectivity index (χ3n) is 1.41. The van der Waals surface area contributed by atoms with E-state index in [1.807, 2.05) is 6.92 Å². The molecule has 1 unspecified atom stereocenters.